The van der Waals surface area contributed by atoms with Gasteiger partial charge in [0.15, 0.2) is 0 Å². The minimum absolute atomic E-state index is 0.257. The molecule has 0 bridgehead atoms. The topological polar surface area (TPSA) is 52.5 Å². The summed E-state index contributed by atoms with van der Waals surface area (Å²) in [4.78, 5) is 0. The lowest BCUT2D eigenvalue weighted by Gasteiger charge is -2.38. The van der Waals surface area contributed by atoms with Crippen LogP contribution in [0.2, 0.25) is 0 Å². The van der Waals surface area contributed by atoms with Crippen LogP contribution in [-0.4, -0.2) is 21.4 Å². The summed E-state index contributed by atoms with van der Waals surface area (Å²) >= 11 is 3.37. The van der Waals surface area contributed by atoms with Crippen LogP contribution in [0.1, 0.15) is 33.3 Å². The molecule has 0 aliphatic carbocycles. The number of benzene rings is 1. The Morgan fingerprint density at radius 3 is 2.35 bits per heavy atom. The highest BCUT2D eigenvalue weighted by atomic mass is 79.9. The summed E-state index contributed by atoms with van der Waals surface area (Å²) in [5.41, 5.74) is -0.479. The van der Waals surface area contributed by atoms with Gasteiger partial charge in [-0.05, 0) is 45.9 Å². The van der Waals surface area contributed by atoms with Gasteiger partial charge in [0.05, 0.1) is 5.60 Å². The highest BCUT2D eigenvalue weighted by Gasteiger charge is 2.34. The second-order valence-electron chi connectivity index (χ2n) is 5.31. The fraction of sp³-hybridized carbons (Fsp3) is 0.538. The Labute approximate surface area is 111 Å². The van der Waals surface area contributed by atoms with Gasteiger partial charge in [0.25, 0.3) is 0 Å². The number of phenolic OH excluding ortho intramolecular Hbond substituents is 1. The average Bonchev–Trinajstić information content (AvgIpc) is 2.18. The molecule has 0 aromatic heterocycles. The summed E-state index contributed by atoms with van der Waals surface area (Å²) in [5.74, 6) is 0.257. The fourth-order valence-electron chi connectivity index (χ4n) is 1.23. The standard InChI is InChI=1S/C13H20BrNO2/c1-12(2,13(3,4)17)15-8-9-7-10(14)5-6-11(9)16/h5-7,15-17H,8H2,1-4H3. The first-order chi connectivity index (χ1) is 7.63. The third-order valence-corrected chi connectivity index (χ3v) is 3.79. The first kappa shape index (κ1) is 14.5. The maximum Gasteiger partial charge on any atom is 0.120 e. The lowest BCUT2D eigenvalue weighted by Crippen LogP contribution is -2.55. The van der Waals surface area contributed by atoms with Crippen LogP contribution >= 0.6 is 15.9 Å². The number of phenols is 1. The summed E-state index contributed by atoms with van der Waals surface area (Å²) in [6.07, 6.45) is 0. The van der Waals surface area contributed by atoms with Crippen molar-refractivity contribution in [3.05, 3.63) is 28.2 Å². The van der Waals surface area contributed by atoms with Crippen molar-refractivity contribution in [2.45, 2.75) is 45.4 Å². The zero-order valence-corrected chi connectivity index (χ0v) is 12.3. The summed E-state index contributed by atoms with van der Waals surface area (Å²) in [6.45, 7) is 7.90. The lowest BCUT2D eigenvalue weighted by molar-refractivity contribution is -0.00539. The Kier molecular flexibility index (Phi) is 4.23. The molecule has 3 N–H and O–H groups in total. The first-order valence-corrected chi connectivity index (χ1v) is 6.37. The molecule has 96 valence electrons. The molecule has 0 atom stereocenters. The summed E-state index contributed by atoms with van der Waals surface area (Å²) in [7, 11) is 0. The molecule has 0 radical (unpaired) electrons. The van der Waals surface area contributed by atoms with E-state index < -0.39 is 11.1 Å². The van der Waals surface area contributed by atoms with Crippen molar-refractivity contribution in [3.8, 4) is 5.75 Å². The molecule has 3 nitrogen and oxygen atoms in total. The van der Waals surface area contributed by atoms with Gasteiger partial charge >= 0.3 is 0 Å². The van der Waals surface area contributed by atoms with Crippen molar-refractivity contribution in [2.75, 3.05) is 0 Å². The Hall–Kier alpha value is -0.580. The van der Waals surface area contributed by atoms with Crippen LogP contribution < -0.4 is 5.32 Å². The molecule has 1 aromatic carbocycles. The van der Waals surface area contributed by atoms with Crippen LogP contribution in [-0.2, 0) is 6.54 Å². The quantitative estimate of drug-likeness (QED) is 0.801. The van der Waals surface area contributed by atoms with Crippen molar-refractivity contribution in [1.82, 2.24) is 5.32 Å². The van der Waals surface area contributed by atoms with Gasteiger partial charge in [-0.2, -0.15) is 0 Å². The van der Waals surface area contributed by atoms with Gasteiger partial charge in [-0.25, -0.2) is 0 Å². The second kappa shape index (κ2) is 4.96. The lowest BCUT2D eigenvalue weighted by atomic mass is 9.86. The van der Waals surface area contributed by atoms with Gasteiger partial charge in [-0.15, -0.1) is 0 Å². The van der Waals surface area contributed by atoms with Crippen molar-refractivity contribution in [2.24, 2.45) is 0 Å². The molecule has 0 heterocycles. The Balaban J connectivity index is 2.77. The van der Waals surface area contributed by atoms with Crippen molar-refractivity contribution < 1.29 is 10.2 Å². The van der Waals surface area contributed by atoms with Gasteiger partial charge in [-0.3, -0.25) is 0 Å². The van der Waals surface area contributed by atoms with E-state index in [0.717, 1.165) is 10.0 Å². The van der Waals surface area contributed by atoms with Crippen LogP contribution in [0.3, 0.4) is 0 Å². The molecule has 0 amide bonds. The minimum atomic E-state index is -0.839. The molecular weight excluding hydrogens is 282 g/mol. The molecule has 0 saturated heterocycles. The summed E-state index contributed by atoms with van der Waals surface area (Å²) in [6, 6.07) is 5.31. The van der Waals surface area contributed by atoms with Crippen LogP contribution in [0, 0.1) is 0 Å². The first-order valence-electron chi connectivity index (χ1n) is 5.58. The van der Waals surface area contributed by atoms with Crippen molar-refractivity contribution >= 4 is 15.9 Å². The minimum Gasteiger partial charge on any atom is -0.508 e. The number of hydrogen-bond acceptors (Lipinski definition) is 3. The molecule has 1 aromatic rings. The zero-order chi connectivity index (χ0) is 13.3. The number of hydrogen-bond donors (Lipinski definition) is 3. The predicted octanol–water partition coefficient (Wildman–Crippen LogP) is 2.79. The molecule has 4 heteroatoms. The molecule has 0 unspecified atom stereocenters. The van der Waals surface area contributed by atoms with Gasteiger partial charge in [0.2, 0.25) is 0 Å². The van der Waals surface area contributed by atoms with Crippen molar-refractivity contribution in [1.29, 1.82) is 0 Å². The normalized spacial score (nSPS) is 12.8. The largest absolute Gasteiger partial charge is 0.508 e. The Morgan fingerprint density at radius 2 is 1.82 bits per heavy atom. The maximum absolute atomic E-state index is 10.0. The highest BCUT2D eigenvalue weighted by molar-refractivity contribution is 9.10. The monoisotopic (exact) mass is 301 g/mol. The van der Waals surface area contributed by atoms with E-state index in [0.29, 0.717) is 6.54 Å². The molecule has 0 aliphatic heterocycles. The highest BCUT2D eigenvalue weighted by Crippen LogP contribution is 2.25. The molecule has 0 fully saturated rings. The van der Waals surface area contributed by atoms with Crippen LogP contribution in [0.15, 0.2) is 22.7 Å². The number of aromatic hydroxyl groups is 1. The summed E-state index contributed by atoms with van der Waals surface area (Å²) in [5, 5.41) is 23.0. The number of halogens is 1. The number of aliphatic hydroxyl groups is 1. The molecule has 1 rings (SSSR count). The molecule has 0 spiro atoms. The van der Waals surface area contributed by atoms with Gasteiger partial charge in [0.1, 0.15) is 5.75 Å². The van der Waals surface area contributed by atoms with Gasteiger partial charge < -0.3 is 15.5 Å². The van der Waals surface area contributed by atoms with E-state index in [-0.39, 0.29) is 5.75 Å². The van der Waals surface area contributed by atoms with E-state index in [1.165, 1.54) is 0 Å². The third kappa shape index (κ3) is 3.69. The van der Waals surface area contributed by atoms with E-state index in [4.69, 9.17) is 0 Å². The maximum atomic E-state index is 10.0. The smallest absolute Gasteiger partial charge is 0.120 e. The van der Waals surface area contributed by atoms with E-state index in [1.807, 2.05) is 19.9 Å². The second-order valence-corrected chi connectivity index (χ2v) is 6.23. The summed E-state index contributed by atoms with van der Waals surface area (Å²) < 4.78 is 0.924. The van der Waals surface area contributed by atoms with E-state index in [2.05, 4.69) is 21.2 Å². The third-order valence-electron chi connectivity index (χ3n) is 3.29. The molecule has 0 aliphatic rings. The number of nitrogens with one attached hydrogen (secondary N) is 1. The number of rotatable bonds is 4. The Morgan fingerprint density at radius 1 is 1.24 bits per heavy atom. The average molecular weight is 302 g/mol. The molecule has 17 heavy (non-hydrogen) atoms. The van der Waals surface area contributed by atoms with Crippen molar-refractivity contribution in [3.63, 3.8) is 0 Å². The van der Waals surface area contributed by atoms with E-state index in [9.17, 15) is 10.2 Å². The van der Waals surface area contributed by atoms with Gasteiger partial charge in [0, 0.05) is 22.1 Å². The van der Waals surface area contributed by atoms with Crippen LogP contribution in [0.5, 0.6) is 5.75 Å². The molecular formula is C13H20BrNO2. The molecule has 0 saturated carbocycles. The van der Waals surface area contributed by atoms with E-state index >= 15 is 0 Å². The van der Waals surface area contributed by atoms with Crippen LogP contribution in [0.4, 0.5) is 0 Å². The fourth-order valence-corrected chi connectivity index (χ4v) is 1.64. The zero-order valence-electron chi connectivity index (χ0n) is 10.7. The van der Waals surface area contributed by atoms with E-state index in [1.54, 1.807) is 26.0 Å². The SMILES string of the molecule is CC(C)(O)C(C)(C)NCc1cc(Br)ccc1O. The van der Waals surface area contributed by atoms with Gasteiger partial charge in [-0.1, -0.05) is 15.9 Å². The van der Waals surface area contributed by atoms with Crippen LogP contribution in [0.25, 0.3) is 0 Å². The Bertz CT molecular complexity index is 397. The predicted molar refractivity (Wildman–Crippen MR) is 73.0 cm³/mol.